The van der Waals surface area contributed by atoms with Crippen molar-refractivity contribution < 1.29 is 18.4 Å². The molecule has 0 spiro atoms. The summed E-state index contributed by atoms with van der Waals surface area (Å²) in [6, 6.07) is 11.1. The molecule has 1 aliphatic rings. The van der Waals surface area contributed by atoms with Crippen LogP contribution in [0.4, 0.5) is 14.5 Å². The van der Waals surface area contributed by atoms with Crippen LogP contribution in [0.2, 0.25) is 0 Å². The van der Waals surface area contributed by atoms with Gasteiger partial charge in [-0.3, -0.25) is 9.59 Å². The van der Waals surface area contributed by atoms with Crippen molar-refractivity contribution >= 4 is 17.5 Å². The first-order valence-corrected chi connectivity index (χ1v) is 8.03. The summed E-state index contributed by atoms with van der Waals surface area (Å²) in [6.07, 6.45) is -0.0621. The third-order valence-corrected chi connectivity index (χ3v) is 4.25. The Morgan fingerprint density at radius 3 is 2.56 bits per heavy atom. The summed E-state index contributed by atoms with van der Waals surface area (Å²) in [4.78, 5) is 25.5. The van der Waals surface area contributed by atoms with Crippen molar-refractivity contribution in [1.29, 1.82) is 0 Å². The van der Waals surface area contributed by atoms with E-state index in [2.05, 4.69) is 5.32 Å². The SMILES string of the molecule is Cc1cccc(CNC(=O)C2CC(=O)N(c3c(F)cccc3F)C2)c1. The molecule has 3 rings (SSSR count). The number of aryl methyl sites for hydroxylation is 1. The van der Waals surface area contributed by atoms with E-state index in [9.17, 15) is 18.4 Å². The van der Waals surface area contributed by atoms with Gasteiger partial charge in [0.2, 0.25) is 11.8 Å². The Morgan fingerprint density at radius 2 is 1.88 bits per heavy atom. The van der Waals surface area contributed by atoms with E-state index in [1.165, 1.54) is 6.07 Å². The molecule has 1 unspecified atom stereocenters. The molecule has 1 heterocycles. The highest BCUT2D eigenvalue weighted by Gasteiger charge is 2.37. The third kappa shape index (κ3) is 3.68. The first-order valence-electron chi connectivity index (χ1n) is 8.03. The molecule has 1 saturated heterocycles. The number of hydrogen-bond acceptors (Lipinski definition) is 2. The summed E-state index contributed by atoms with van der Waals surface area (Å²) in [5, 5.41) is 2.78. The molecule has 4 nitrogen and oxygen atoms in total. The summed E-state index contributed by atoms with van der Waals surface area (Å²) in [5.41, 5.74) is 1.65. The van der Waals surface area contributed by atoms with Gasteiger partial charge < -0.3 is 10.2 Å². The number of nitrogens with one attached hydrogen (secondary N) is 1. The van der Waals surface area contributed by atoms with Gasteiger partial charge in [-0.25, -0.2) is 8.78 Å². The smallest absolute Gasteiger partial charge is 0.228 e. The van der Waals surface area contributed by atoms with Crippen LogP contribution in [0.15, 0.2) is 42.5 Å². The molecule has 1 N–H and O–H groups in total. The first-order chi connectivity index (χ1) is 12.0. The number of benzene rings is 2. The van der Waals surface area contributed by atoms with Gasteiger partial charge in [-0.1, -0.05) is 35.9 Å². The number of carbonyl (C=O) groups is 2. The Hall–Kier alpha value is -2.76. The van der Waals surface area contributed by atoms with Crippen LogP contribution in [0.1, 0.15) is 17.5 Å². The number of hydrogen-bond donors (Lipinski definition) is 1. The van der Waals surface area contributed by atoms with Gasteiger partial charge in [0, 0.05) is 19.5 Å². The van der Waals surface area contributed by atoms with Crippen LogP contribution in [0.3, 0.4) is 0 Å². The molecule has 2 amide bonds. The van der Waals surface area contributed by atoms with Crippen LogP contribution in [-0.2, 0) is 16.1 Å². The minimum absolute atomic E-state index is 0.0314. The molecule has 25 heavy (non-hydrogen) atoms. The third-order valence-electron chi connectivity index (χ3n) is 4.25. The molecule has 1 aliphatic heterocycles. The maximum absolute atomic E-state index is 13.9. The molecule has 1 atom stereocenters. The minimum Gasteiger partial charge on any atom is -0.352 e. The van der Waals surface area contributed by atoms with Gasteiger partial charge in [-0.05, 0) is 24.6 Å². The first kappa shape index (κ1) is 17.1. The van der Waals surface area contributed by atoms with E-state index in [-0.39, 0.29) is 24.6 Å². The van der Waals surface area contributed by atoms with Crippen molar-refractivity contribution in [3.8, 4) is 0 Å². The van der Waals surface area contributed by atoms with Crippen LogP contribution >= 0.6 is 0 Å². The average Bonchev–Trinajstić information content (AvgIpc) is 2.94. The second-order valence-corrected chi connectivity index (χ2v) is 6.18. The van der Waals surface area contributed by atoms with E-state index in [0.29, 0.717) is 6.54 Å². The molecule has 2 aromatic carbocycles. The highest BCUT2D eigenvalue weighted by Crippen LogP contribution is 2.29. The van der Waals surface area contributed by atoms with Crippen LogP contribution in [0.5, 0.6) is 0 Å². The predicted molar refractivity (Wildman–Crippen MR) is 89.8 cm³/mol. The van der Waals surface area contributed by atoms with Crippen molar-refractivity contribution in [2.75, 3.05) is 11.4 Å². The van der Waals surface area contributed by atoms with Gasteiger partial charge in [-0.15, -0.1) is 0 Å². The summed E-state index contributed by atoms with van der Waals surface area (Å²) in [6.45, 7) is 2.28. The lowest BCUT2D eigenvalue weighted by Gasteiger charge is -2.18. The van der Waals surface area contributed by atoms with Crippen molar-refractivity contribution in [2.24, 2.45) is 5.92 Å². The normalized spacial score (nSPS) is 17.0. The number of anilines is 1. The lowest BCUT2D eigenvalue weighted by atomic mass is 10.1. The van der Waals surface area contributed by atoms with E-state index in [0.717, 1.165) is 28.2 Å². The van der Waals surface area contributed by atoms with Crippen LogP contribution < -0.4 is 10.2 Å². The summed E-state index contributed by atoms with van der Waals surface area (Å²) in [5.74, 6) is -3.01. The quantitative estimate of drug-likeness (QED) is 0.927. The van der Waals surface area contributed by atoms with Crippen molar-refractivity contribution in [3.63, 3.8) is 0 Å². The monoisotopic (exact) mass is 344 g/mol. The van der Waals surface area contributed by atoms with Crippen LogP contribution in [-0.4, -0.2) is 18.4 Å². The number of halogens is 2. The molecule has 0 radical (unpaired) electrons. The maximum Gasteiger partial charge on any atom is 0.228 e. The topological polar surface area (TPSA) is 49.4 Å². The number of amides is 2. The number of nitrogens with zero attached hydrogens (tertiary/aromatic N) is 1. The van der Waals surface area contributed by atoms with Gasteiger partial charge in [0.1, 0.15) is 17.3 Å². The zero-order chi connectivity index (χ0) is 18.0. The number of para-hydroxylation sites is 1. The van der Waals surface area contributed by atoms with E-state index in [1.807, 2.05) is 31.2 Å². The molecular formula is C19H18F2N2O2. The Balaban J connectivity index is 1.67. The molecular weight excluding hydrogens is 326 g/mol. The Kier molecular flexibility index (Phi) is 4.79. The maximum atomic E-state index is 13.9. The Bertz CT molecular complexity index is 803. The fourth-order valence-electron chi connectivity index (χ4n) is 3.00. The average molecular weight is 344 g/mol. The van der Waals surface area contributed by atoms with Gasteiger partial charge >= 0.3 is 0 Å². The highest BCUT2D eigenvalue weighted by atomic mass is 19.1. The van der Waals surface area contributed by atoms with Crippen molar-refractivity contribution in [2.45, 2.75) is 19.9 Å². The molecule has 0 aromatic heterocycles. The summed E-state index contributed by atoms with van der Waals surface area (Å²) < 4.78 is 27.8. The predicted octanol–water partition coefficient (Wildman–Crippen LogP) is 2.94. The zero-order valence-electron chi connectivity index (χ0n) is 13.8. The molecule has 2 aromatic rings. The largest absolute Gasteiger partial charge is 0.352 e. The second kappa shape index (κ2) is 7.01. The summed E-state index contributed by atoms with van der Waals surface area (Å²) >= 11 is 0. The molecule has 0 bridgehead atoms. The lowest BCUT2D eigenvalue weighted by Crippen LogP contribution is -2.33. The van der Waals surface area contributed by atoms with Crippen LogP contribution in [0.25, 0.3) is 0 Å². The van der Waals surface area contributed by atoms with E-state index in [4.69, 9.17) is 0 Å². The van der Waals surface area contributed by atoms with Gasteiger partial charge in [0.15, 0.2) is 0 Å². The van der Waals surface area contributed by atoms with Crippen molar-refractivity contribution in [3.05, 3.63) is 65.2 Å². The van der Waals surface area contributed by atoms with Gasteiger partial charge in [0.05, 0.1) is 5.92 Å². The Morgan fingerprint density at radius 1 is 1.20 bits per heavy atom. The summed E-state index contributed by atoms with van der Waals surface area (Å²) in [7, 11) is 0. The van der Waals surface area contributed by atoms with Gasteiger partial charge in [-0.2, -0.15) is 0 Å². The molecule has 130 valence electrons. The van der Waals surface area contributed by atoms with Crippen molar-refractivity contribution in [1.82, 2.24) is 5.32 Å². The molecule has 1 fully saturated rings. The standard InChI is InChI=1S/C19H18F2N2O2/c1-12-4-2-5-13(8-12)10-22-19(25)14-9-17(24)23(11-14)18-15(20)6-3-7-16(18)21/h2-8,14H,9-11H2,1H3,(H,22,25). The highest BCUT2D eigenvalue weighted by molar-refractivity contribution is 6.00. The zero-order valence-corrected chi connectivity index (χ0v) is 13.8. The number of rotatable bonds is 4. The Labute approximate surface area is 144 Å². The van der Waals surface area contributed by atoms with E-state index >= 15 is 0 Å². The van der Waals surface area contributed by atoms with E-state index in [1.54, 1.807) is 0 Å². The molecule has 0 saturated carbocycles. The minimum atomic E-state index is -0.811. The number of carbonyl (C=O) groups excluding carboxylic acids is 2. The lowest BCUT2D eigenvalue weighted by molar-refractivity contribution is -0.126. The van der Waals surface area contributed by atoms with E-state index < -0.39 is 23.5 Å². The van der Waals surface area contributed by atoms with Crippen LogP contribution in [0, 0.1) is 24.5 Å². The van der Waals surface area contributed by atoms with Gasteiger partial charge in [0.25, 0.3) is 0 Å². The molecule has 0 aliphatic carbocycles. The fraction of sp³-hybridized carbons (Fsp3) is 0.263. The fourth-order valence-corrected chi connectivity index (χ4v) is 3.00. The molecule has 6 heteroatoms. The second-order valence-electron chi connectivity index (χ2n) is 6.18.